The molecule has 1 amide bonds. The maximum Gasteiger partial charge on any atom is 0.237 e. The second kappa shape index (κ2) is 5.92. The topological polar surface area (TPSA) is 41.1 Å². The van der Waals surface area contributed by atoms with E-state index in [2.05, 4.69) is 10.6 Å². The van der Waals surface area contributed by atoms with Crippen molar-refractivity contribution in [3.8, 4) is 0 Å². The molecule has 0 aliphatic heterocycles. The molecule has 2 N–H and O–H groups in total. The van der Waals surface area contributed by atoms with Gasteiger partial charge in [-0.15, -0.1) is 0 Å². The molecule has 0 saturated carbocycles. The van der Waals surface area contributed by atoms with Crippen LogP contribution in [0, 0.1) is 0 Å². The average molecular weight is 156 g/mol. The predicted molar refractivity (Wildman–Crippen MR) is 46.3 cm³/mol. The third-order valence-electron chi connectivity index (χ3n) is 1.46. The Balaban J connectivity index is 3.52. The van der Waals surface area contributed by atoms with Crippen LogP contribution in [0.5, 0.6) is 0 Å². The lowest BCUT2D eigenvalue weighted by Gasteiger charge is -2.08. The molecule has 64 valence electrons. The predicted octanol–water partition coefficient (Wildman–Crippen LogP) is 0.287. The maximum absolute atomic E-state index is 11.0. The number of hydrogen-bond donors (Lipinski definition) is 2. The van der Waals surface area contributed by atoms with Gasteiger partial charge in [-0.2, -0.15) is 0 Å². The van der Waals surface area contributed by atoms with Crippen LogP contribution in [0.25, 0.3) is 0 Å². The van der Waals surface area contributed by atoms with Crippen molar-refractivity contribution >= 4 is 5.91 Å². The van der Waals surface area contributed by atoms with Crippen molar-refractivity contribution in [2.24, 2.45) is 0 Å². The molecule has 0 aliphatic carbocycles. The highest BCUT2D eigenvalue weighted by Gasteiger charge is 2.06. The summed E-state index contributed by atoms with van der Waals surface area (Å²) in [6, 6.07) is -0.111. The minimum absolute atomic E-state index is 0.0330. The van der Waals surface area contributed by atoms with E-state index in [1.54, 1.807) is 7.05 Å². The van der Waals surface area contributed by atoms with Crippen LogP contribution in [0.2, 0.25) is 0 Å². The summed E-state index contributed by atoms with van der Waals surface area (Å²) >= 11 is 0. The van der Waals surface area contributed by atoms with Crippen molar-refractivity contribution in [1.82, 2.24) is 10.6 Å². The number of amides is 1. The second-order valence-electron chi connectivity index (χ2n) is 2.32. The van der Waals surface area contributed by atoms with Crippen molar-refractivity contribution in [2.45, 2.75) is 19.9 Å². The van der Waals surface area contributed by atoms with E-state index in [0.717, 1.165) is 0 Å². The van der Waals surface area contributed by atoms with Crippen molar-refractivity contribution in [3.63, 3.8) is 0 Å². The lowest BCUT2D eigenvalue weighted by Crippen LogP contribution is -2.40. The van der Waals surface area contributed by atoms with E-state index in [9.17, 15) is 4.79 Å². The van der Waals surface area contributed by atoms with Gasteiger partial charge >= 0.3 is 0 Å². The van der Waals surface area contributed by atoms with Gasteiger partial charge in [0.25, 0.3) is 0 Å². The van der Waals surface area contributed by atoms with Crippen LogP contribution >= 0.6 is 0 Å². The zero-order chi connectivity index (χ0) is 8.69. The quantitative estimate of drug-likeness (QED) is 0.574. The van der Waals surface area contributed by atoms with Gasteiger partial charge in [0.2, 0.25) is 5.91 Å². The van der Waals surface area contributed by atoms with Gasteiger partial charge in [-0.1, -0.05) is 12.2 Å². The minimum atomic E-state index is -0.111. The van der Waals surface area contributed by atoms with Crippen molar-refractivity contribution in [3.05, 3.63) is 12.2 Å². The Hall–Kier alpha value is -0.830. The third-order valence-corrected chi connectivity index (χ3v) is 1.46. The van der Waals surface area contributed by atoms with Gasteiger partial charge in [-0.3, -0.25) is 4.79 Å². The first-order chi connectivity index (χ1) is 5.22. The Morgan fingerprint density at radius 3 is 2.73 bits per heavy atom. The number of nitrogens with one attached hydrogen (secondary N) is 2. The molecule has 1 atom stereocenters. The number of carbonyl (C=O) groups is 1. The third kappa shape index (κ3) is 4.56. The number of rotatable bonds is 4. The normalized spacial score (nSPS) is 13.4. The lowest BCUT2D eigenvalue weighted by atomic mass is 10.3. The van der Waals surface area contributed by atoms with Crippen molar-refractivity contribution < 1.29 is 4.79 Å². The number of hydrogen-bond acceptors (Lipinski definition) is 2. The summed E-state index contributed by atoms with van der Waals surface area (Å²) in [5.74, 6) is 0.0330. The first-order valence-corrected chi connectivity index (χ1v) is 3.78. The van der Waals surface area contributed by atoms with Crippen molar-refractivity contribution in [2.75, 3.05) is 13.6 Å². The molecule has 0 aromatic carbocycles. The Bertz CT molecular complexity index is 143. The SMILES string of the molecule is C/C=C/CNC(=O)C(C)NC. The van der Waals surface area contributed by atoms with Gasteiger partial charge in [0.1, 0.15) is 0 Å². The van der Waals surface area contributed by atoms with Crippen LogP contribution in [0.3, 0.4) is 0 Å². The van der Waals surface area contributed by atoms with Crippen LogP contribution in [-0.4, -0.2) is 25.5 Å². The zero-order valence-electron chi connectivity index (χ0n) is 7.35. The van der Waals surface area contributed by atoms with Gasteiger partial charge in [0, 0.05) is 6.54 Å². The van der Waals surface area contributed by atoms with E-state index in [1.807, 2.05) is 26.0 Å². The highest BCUT2D eigenvalue weighted by molar-refractivity contribution is 5.81. The Morgan fingerprint density at radius 2 is 2.27 bits per heavy atom. The highest BCUT2D eigenvalue weighted by Crippen LogP contribution is 1.78. The molecule has 0 bridgehead atoms. The van der Waals surface area contributed by atoms with Gasteiger partial charge in [-0.25, -0.2) is 0 Å². The summed E-state index contributed by atoms with van der Waals surface area (Å²) in [4.78, 5) is 11.0. The average Bonchev–Trinajstić information content (AvgIpc) is 2.03. The van der Waals surface area contributed by atoms with E-state index in [-0.39, 0.29) is 11.9 Å². The molecule has 0 heterocycles. The lowest BCUT2D eigenvalue weighted by molar-refractivity contribution is -0.122. The van der Waals surface area contributed by atoms with E-state index >= 15 is 0 Å². The number of likely N-dealkylation sites (N-methyl/N-ethyl adjacent to an activating group) is 1. The van der Waals surface area contributed by atoms with Gasteiger partial charge in [-0.05, 0) is 20.9 Å². The van der Waals surface area contributed by atoms with E-state index in [1.165, 1.54) is 0 Å². The van der Waals surface area contributed by atoms with E-state index < -0.39 is 0 Å². The van der Waals surface area contributed by atoms with E-state index in [4.69, 9.17) is 0 Å². The molecule has 0 aliphatic rings. The molecule has 1 unspecified atom stereocenters. The Kier molecular flexibility index (Phi) is 5.47. The van der Waals surface area contributed by atoms with Gasteiger partial charge in [0.15, 0.2) is 0 Å². The van der Waals surface area contributed by atoms with Gasteiger partial charge in [0.05, 0.1) is 6.04 Å². The van der Waals surface area contributed by atoms with E-state index in [0.29, 0.717) is 6.54 Å². The molecule has 11 heavy (non-hydrogen) atoms. The first kappa shape index (κ1) is 10.2. The molecule has 0 aromatic rings. The Morgan fingerprint density at radius 1 is 1.64 bits per heavy atom. The fraction of sp³-hybridized carbons (Fsp3) is 0.625. The summed E-state index contributed by atoms with van der Waals surface area (Å²) in [6.07, 6.45) is 3.81. The summed E-state index contributed by atoms with van der Waals surface area (Å²) in [5.41, 5.74) is 0. The second-order valence-corrected chi connectivity index (χ2v) is 2.32. The number of carbonyl (C=O) groups excluding carboxylic acids is 1. The number of allylic oxidation sites excluding steroid dienone is 1. The smallest absolute Gasteiger partial charge is 0.237 e. The zero-order valence-corrected chi connectivity index (χ0v) is 7.35. The molecule has 3 heteroatoms. The van der Waals surface area contributed by atoms with Crippen LogP contribution in [0.1, 0.15) is 13.8 Å². The Labute approximate surface area is 67.9 Å². The molecule has 3 nitrogen and oxygen atoms in total. The highest BCUT2D eigenvalue weighted by atomic mass is 16.2. The molecule has 0 saturated heterocycles. The molecule has 0 spiro atoms. The van der Waals surface area contributed by atoms with Gasteiger partial charge < -0.3 is 10.6 Å². The molecule has 0 rings (SSSR count). The molecule has 0 aromatic heterocycles. The standard InChI is InChI=1S/C8H16N2O/c1-4-5-6-10-8(11)7(2)9-3/h4-5,7,9H,6H2,1-3H3,(H,10,11)/b5-4+. The van der Waals surface area contributed by atoms with Crippen molar-refractivity contribution in [1.29, 1.82) is 0 Å². The molecular formula is C8H16N2O. The summed E-state index contributed by atoms with van der Waals surface area (Å²) < 4.78 is 0. The van der Waals surface area contributed by atoms with Crippen LogP contribution in [-0.2, 0) is 4.79 Å². The van der Waals surface area contributed by atoms with Crippen LogP contribution in [0.15, 0.2) is 12.2 Å². The molecular weight excluding hydrogens is 140 g/mol. The molecule has 0 fully saturated rings. The van der Waals surface area contributed by atoms with Crippen LogP contribution in [0.4, 0.5) is 0 Å². The summed E-state index contributed by atoms with van der Waals surface area (Å²) in [6.45, 7) is 4.36. The summed E-state index contributed by atoms with van der Waals surface area (Å²) in [7, 11) is 1.76. The fourth-order valence-corrected chi connectivity index (χ4v) is 0.562. The van der Waals surface area contributed by atoms with Crippen LogP contribution < -0.4 is 10.6 Å². The monoisotopic (exact) mass is 156 g/mol. The largest absolute Gasteiger partial charge is 0.351 e. The minimum Gasteiger partial charge on any atom is -0.351 e. The maximum atomic E-state index is 11.0. The molecule has 0 radical (unpaired) electrons. The first-order valence-electron chi connectivity index (χ1n) is 3.78. The fourth-order valence-electron chi connectivity index (χ4n) is 0.562. The summed E-state index contributed by atoms with van der Waals surface area (Å²) in [5, 5.41) is 5.60.